The summed E-state index contributed by atoms with van der Waals surface area (Å²) < 4.78 is 33.2. The van der Waals surface area contributed by atoms with Gasteiger partial charge in [-0.1, -0.05) is 23.7 Å². The zero-order chi connectivity index (χ0) is 24.2. The summed E-state index contributed by atoms with van der Waals surface area (Å²) in [6.07, 6.45) is 1.22. The van der Waals surface area contributed by atoms with Gasteiger partial charge < -0.3 is 14.9 Å². The Kier molecular flexibility index (Phi) is 6.89. The number of anilines is 2. The quantitative estimate of drug-likeness (QED) is 0.159. The van der Waals surface area contributed by atoms with Crippen molar-refractivity contribution in [3.05, 3.63) is 75.3 Å². The van der Waals surface area contributed by atoms with E-state index in [1.54, 1.807) is 12.1 Å². The van der Waals surface area contributed by atoms with E-state index in [0.717, 1.165) is 12.1 Å². The average Bonchev–Trinajstić information content (AvgIpc) is 2.77. The van der Waals surface area contributed by atoms with Crippen LogP contribution >= 0.6 is 11.6 Å². The third-order valence-corrected chi connectivity index (χ3v) is 6.01. The molecule has 4 N–H and O–H groups in total. The monoisotopic (exact) mass is 492 g/mol. The summed E-state index contributed by atoms with van der Waals surface area (Å²) in [6.45, 7) is 0. The largest absolute Gasteiger partial charge is 0.504 e. The number of hydrazone groups is 1. The van der Waals surface area contributed by atoms with E-state index in [2.05, 4.69) is 15.2 Å². The number of nitrogens with one attached hydrogen (secondary N) is 2. The Bertz CT molecular complexity index is 1350. The van der Waals surface area contributed by atoms with Crippen LogP contribution in [0.3, 0.4) is 0 Å². The van der Waals surface area contributed by atoms with Crippen molar-refractivity contribution >= 4 is 44.9 Å². The number of aromatic hydroxyl groups is 2. The molecule has 0 heterocycles. The van der Waals surface area contributed by atoms with Crippen molar-refractivity contribution in [2.75, 3.05) is 17.3 Å². The van der Waals surface area contributed by atoms with Gasteiger partial charge in [-0.15, -0.1) is 0 Å². The normalized spacial score (nSPS) is 11.3. The van der Waals surface area contributed by atoms with Crippen molar-refractivity contribution < 1.29 is 28.3 Å². The first-order chi connectivity index (χ1) is 15.6. The SMILES string of the molecule is COc1cc(/C=N/Nc2ccc([N+](=O)[O-])cc2S(=O)(=O)Nc2ccccc2Cl)cc(O)c1O. The molecule has 13 heteroatoms. The number of phenols is 2. The molecule has 3 aromatic carbocycles. The van der Waals surface area contributed by atoms with E-state index in [4.69, 9.17) is 16.3 Å². The van der Waals surface area contributed by atoms with Gasteiger partial charge in [0.05, 0.1) is 34.6 Å². The Morgan fingerprint density at radius 2 is 1.85 bits per heavy atom. The van der Waals surface area contributed by atoms with Gasteiger partial charge in [-0.25, -0.2) is 8.42 Å². The number of non-ortho nitro benzene ring substituents is 1. The highest BCUT2D eigenvalue weighted by Gasteiger charge is 2.23. The lowest BCUT2D eigenvalue weighted by Gasteiger charge is -2.13. The number of sulfonamides is 1. The van der Waals surface area contributed by atoms with Gasteiger partial charge in [0.1, 0.15) is 4.90 Å². The van der Waals surface area contributed by atoms with Crippen LogP contribution in [0.5, 0.6) is 17.2 Å². The minimum atomic E-state index is -4.31. The Morgan fingerprint density at radius 3 is 2.52 bits per heavy atom. The number of phenolic OH excluding ortho intramolecular Hbond substituents is 2. The molecule has 0 amide bonds. The summed E-state index contributed by atoms with van der Waals surface area (Å²) in [6, 6.07) is 11.9. The Morgan fingerprint density at radius 1 is 1.12 bits per heavy atom. The second kappa shape index (κ2) is 9.63. The minimum Gasteiger partial charge on any atom is -0.504 e. The van der Waals surface area contributed by atoms with Gasteiger partial charge in [-0.2, -0.15) is 5.10 Å². The maximum atomic E-state index is 13.0. The van der Waals surface area contributed by atoms with E-state index < -0.39 is 37.0 Å². The second-order valence-electron chi connectivity index (χ2n) is 6.48. The van der Waals surface area contributed by atoms with Crippen LogP contribution in [0.4, 0.5) is 17.1 Å². The summed E-state index contributed by atoms with van der Waals surface area (Å²) in [5.74, 6) is -0.894. The number of halogens is 1. The zero-order valence-corrected chi connectivity index (χ0v) is 18.5. The van der Waals surface area contributed by atoms with E-state index in [9.17, 15) is 28.7 Å². The highest BCUT2D eigenvalue weighted by molar-refractivity contribution is 7.93. The molecule has 0 spiro atoms. The fourth-order valence-electron chi connectivity index (χ4n) is 2.70. The molecule has 172 valence electrons. The van der Waals surface area contributed by atoms with Crippen molar-refractivity contribution in [3.8, 4) is 17.2 Å². The molecular formula is C20H17ClN4O7S. The average molecular weight is 493 g/mol. The number of benzene rings is 3. The van der Waals surface area contributed by atoms with Crippen LogP contribution in [-0.4, -0.2) is 36.9 Å². The molecule has 0 aliphatic carbocycles. The number of nitro groups is 1. The van der Waals surface area contributed by atoms with E-state index in [0.29, 0.717) is 5.56 Å². The number of nitro benzene ring substituents is 1. The predicted octanol–water partition coefficient (Wildman–Crippen LogP) is 3.91. The standard InChI is InChI=1S/C20H17ClN4O7S/c1-32-18-9-12(8-17(26)20(18)27)11-22-23-16-7-6-13(25(28)29)10-19(16)33(30,31)24-15-5-3-2-4-14(15)21/h2-11,23-24,26-27H,1H3/b22-11+. The molecule has 0 saturated carbocycles. The number of hydrogen-bond acceptors (Lipinski definition) is 9. The van der Waals surface area contributed by atoms with E-state index in [1.807, 2.05) is 0 Å². The van der Waals surface area contributed by atoms with Crippen molar-refractivity contribution in [1.82, 2.24) is 0 Å². The third-order valence-electron chi connectivity index (χ3n) is 4.28. The summed E-state index contributed by atoms with van der Waals surface area (Å²) in [7, 11) is -3.01. The van der Waals surface area contributed by atoms with Crippen LogP contribution in [0.2, 0.25) is 5.02 Å². The predicted molar refractivity (Wildman–Crippen MR) is 123 cm³/mol. The zero-order valence-electron chi connectivity index (χ0n) is 16.9. The van der Waals surface area contributed by atoms with Crippen LogP contribution in [0.25, 0.3) is 0 Å². The molecule has 0 saturated heterocycles. The smallest absolute Gasteiger partial charge is 0.270 e. The molecule has 0 aliphatic rings. The number of methoxy groups -OCH3 is 1. The maximum Gasteiger partial charge on any atom is 0.270 e. The van der Waals surface area contributed by atoms with Crippen molar-refractivity contribution in [2.24, 2.45) is 5.10 Å². The van der Waals surface area contributed by atoms with Gasteiger partial charge in [0.25, 0.3) is 15.7 Å². The number of rotatable bonds is 8. The van der Waals surface area contributed by atoms with Crippen molar-refractivity contribution in [3.63, 3.8) is 0 Å². The van der Waals surface area contributed by atoms with Gasteiger partial charge in [0.2, 0.25) is 5.75 Å². The Balaban J connectivity index is 1.96. The molecule has 11 nitrogen and oxygen atoms in total. The molecule has 0 radical (unpaired) electrons. The Hall–Kier alpha value is -4.03. The molecule has 0 aromatic heterocycles. The summed E-state index contributed by atoms with van der Waals surface area (Å²) in [4.78, 5) is 10.0. The molecule has 3 aromatic rings. The first-order valence-corrected chi connectivity index (χ1v) is 10.9. The van der Waals surface area contributed by atoms with E-state index in [-0.39, 0.29) is 22.1 Å². The molecule has 0 fully saturated rings. The lowest BCUT2D eigenvalue weighted by Crippen LogP contribution is -2.15. The van der Waals surface area contributed by atoms with Gasteiger partial charge in [0, 0.05) is 17.7 Å². The number of nitrogens with zero attached hydrogens (tertiary/aromatic N) is 2. The molecule has 0 atom stereocenters. The van der Waals surface area contributed by atoms with E-state index in [1.165, 1.54) is 43.7 Å². The van der Waals surface area contributed by atoms with Crippen molar-refractivity contribution in [2.45, 2.75) is 4.90 Å². The lowest BCUT2D eigenvalue weighted by atomic mass is 10.2. The number of para-hydroxylation sites is 1. The van der Waals surface area contributed by atoms with Crippen LogP contribution < -0.4 is 14.9 Å². The number of ether oxygens (including phenoxy) is 1. The first kappa shape index (κ1) is 23.6. The highest BCUT2D eigenvalue weighted by Crippen LogP contribution is 2.36. The molecular weight excluding hydrogens is 476 g/mol. The van der Waals surface area contributed by atoms with Gasteiger partial charge in [-0.3, -0.25) is 20.3 Å². The topological polar surface area (TPSA) is 163 Å². The van der Waals surface area contributed by atoms with Gasteiger partial charge in [0.15, 0.2) is 11.5 Å². The summed E-state index contributed by atoms with van der Waals surface area (Å²) in [5, 5.41) is 34.7. The maximum absolute atomic E-state index is 13.0. The summed E-state index contributed by atoms with van der Waals surface area (Å²) in [5.41, 5.74) is 2.41. The molecule has 0 aliphatic heterocycles. The van der Waals surface area contributed by atoms with Gasteiger partial charge in [-0.05, 0) is 30.3 Å². The van der Waals surface area contributed by atoms with Crippen LogP contribution in [0.15, 0.2) is 64.6 Å². The van der Waals surface area contributed by atoms with Crippen molar-refractivity contribution in [1.29, 1.82) is 0 Å². The fraction of sp³-hybridized carbons (Fsp3) is 0.0500. The van der Waals surface area contributed by atoms with Gasteiger partial charge >= 0.3 is 0 Å². The summed E-state index contributed by atoms with van der Waals surface area (Å²) >= 11 is 6.02. The molecule has 3 rings (SSSR count). The van der Waals surface area contributed by atoms with E-state index >= 15 is 0 Å². The molecule has 0 unspecified atom stereocenters. The molecule has 33 heavy (non-hydrogen) atoms. The van der Waals surface area contributed by atoms with Crippen LogP contribution in [0, 0.1) is 10.1 Å². The fourth-order valence-corrected chi connectivity index (χ4v) is 4.20. The van der Waals surface area contributed by atoms with Crippen LogP contribution in [0.1, 0.15) is 5.56 Å². The number of hydrogen-bond donors (Lipinski definition) is 4. The Labute approximate surface area is 193 Å². The highest BCUT2D eigenvalue weighted by atomic mass is 35.5. The third kappa shape index (κ3) is 5.42. The minimum absolute atomic E-state index is 0.000933. The second-order valence-corrected chi connectivity index (χ2v) is 8.54. The lowest BCUT2D eigenvalue weighted by molar-refractivity contribution is -0.385. The van der Waals surface area contributed by atoms with Crippen LogP contribution in [-0.2, 0) is 10.0 Å². The first-order valence-electron chi connectivity index (χ1n) is 9.07. The molecule has 0 bridgehead atoms.